The van der Waals surface area contributed by atoms with Gasteiger partial charge in [0.15, 0.2) is 11.4 Å². The number of nitrogens with two attached hydrogens (primary N) is 1. The molecule has 1 aromatic carbocycles. The van der Waals surface area contributed by atoms with Crippen molar-refractivity contribution in [1.82, 2.24) is 15.1 Å². The lowest BCUT2D eigenvalue weighted by Crippen LogP contribution is -2.63. The van der Waals surface area contributed by atoms with Gasteiger partial charge in [0.05, 0.1) is 17.0 Å². The van der Waals surface area contributed by atoms with Gasteiger partial charge in [-0.3, -0.25) is 29.0 Å². The minimum Gasteiger partial charge on any atom is -0.510 e. The van der Waals surface area contributed by atoms with Gasteiger partial charge in [-0.2, -0.15) is 0 Å². The molecular formula is C30H35FN4O8. The van der Waals surface area contributed by atoms with Crippen molar-refractivity contribution in [3.05, 3.63) is 51.2 Å². The Bertz CT molecular complexity index is 1540. The molecule has 2 aliphatic heterocycles. The summed E-state index contributed by atoms with van der Waals surface area (Å²) in [7, 11) is 3.08. The van der Waals surface area contributed by atoms with Crippen molar-refractivity contribution >= 4 is 23.4 Å². The normalized spacial score (nSPS) is 30.4. The Balaban J connectivity index is 1.35. The van der Waals surface area contributed by atoms with Crippen LogP contribution in [-0.2, 0) is 27.3 Å². The summed E-state index contributed by atoms with van der Waals surface area (Å²) < 4.78 is 16.1. The number of fused-ring (bicyclic) bond motifs is 3. The minimum absolute atomic E-state index is 0.0308. The molecule has 7 N–H and O–H groups in total. The SMILES string of the molecule is CN(C)[C@@H]1C(O)=C(C(N)=O)C(=O)[C@@]2(O)C(O)=C3C(=O)c4c(O)cc(CN5CCC6(CCNC6=O)CC5)c(F)c4C[C@H]3C[C@@H]12. The van der Waals surface area contributed by atoms with Crippen molar-refractivity contribution in [2.24, 2.45) is 23.0 Å². The Morgan fingerprint density at radius 1 is 1.16 bits per heavy atom. The summed E-state index contributed by atoms with van der Waals surface area (Å²) in [5.74, 6) is -8.37. The fraction of sp³-hybridized carbons (Fsp3) is 0.533. The quantitative estimate of drug-likeness (QED) is 0.264. The third-order valence-electron chi connectivity index (χ3n) is 10.3. The Morgan fingerprint density at radius 2 is 1.84 bits per heavy atom. The van der Waals surface area contributed by atoms with E-state index >= 15 is 4.39 Å². The molecule has 2 saturated heterocycles. The molecule has 1 aromatic rings. The van der Waals surface area contributed by atoms with Crippen LogP contribution in [0.4, 0.5) is 4.39 Å². The Morgan fingerprint density at radius 3 is 2.42 bits per heavy atom. The molecule has 3 aliphatic carbocycles. The Kier molecular flexibility index (Phi) is 6.71. The molecule has 0 bridgehead atoms. The van der Waals surface area contributed by atoms with E-state index in [1.807, 2.05) is 4.90 Å². The Hall–Kier alpha value is -3.81. The summed E-state index contributed by atoms with van der Waals surface area (Å²) in [6.07, 6.45) is 1.81. The number of Topliss-reactive ketones (excluding diaryl/α,β-unsaturated/α-hetero) is 2. The van der Waals surface area contributed by atoms with Gasteiger partial charge in [-0.15, -0.1) is 0 Å². The van der Waals surface area contributed by atoms with Gasteiger partial charge in [0.2, 0.25) is 11.7 Å². The number of nitrogens with zero attached hydrogens (tertiary/aromatic N) is 2. The summed E-state index contributed by atoms with van der Waals surface area (Å²) >= 11 is 0. The third kappa shape index (κ3) is 4.05. The molecule has 5 aliphatic rings. The third-order valence-corrected chi connectivity index (χ3v) is 10.3. The largest absolute Gasteiger partial charge is 0.510 e. The molecular weight excluding hydrogens is 563 g/mol. The maximum atomic E-state index is 16.1. The van der Waals surface area contributed by atoms with Crippen LogP contribution in [0.1, 0.15) is 47.2 Å². The summed E-state index contributed by atoms with van der Waals surface area (Å²) in [6, 6.07) is 0.0518. The summed E-state index contributed by atoms with van der Waals surface area (Å²) in [6.45, 7) is 1.94. The number of phenols is 1. The smallest absolute Gasteiger partial charge is 0.255 e. The molecule has 230 valence electrons. The molecule has 43 heavy (non-hydrogen) atoms. The summed E-state index contributed by atoms with van der Waals surface area (Å²) in [5.41, 5.74) is 0.783. The molecule has 0 radical (unpaired) electrons. The highest BCUT2D eigenvalue weighted by Crippen LogP contribution is 2.52. The highest BCUT2D eigenvalue weighted by atomic mass is 19.1. The highest BCUT2D eigenvalue weighted by molar-refractivity contribution is 6.24. The number of aliphatic hydroxyl groups is 3. The number of carbonyl (C=O) groups is 4. The second-order valence-electron chi connectivity index (χ2n) is 12.7. The van der Waals surface area contributed by atoms with Crippen molar-refractivity contribution in [2.75, 3.05) is 33.7 Å². The number of likely N-dealkylation sites (tertiary alicyclic amines) is 1. The molecule has 4 atom stereocenters. The average Bonchev–Trinajstić information content (AvgIpc) is 3.28. The van der Waals surface area contributed by atoms with Gasteiger partial charge in [0.1, 0.15) is 28.7 Å². The fourth-order valence-corrected chi connectivity index (χ4v) is 8.04. The van der Waals surface area contributed by atoms with Gasteiger partial charge in [-0.1, -0.05) is 0 Å². The zero-order valence-corrected chi connectivity index (χ0v) is 23.9. The summed E-state index contributed by atoms with van der Waals surface area (Å²) in [4.78, 5) is 55.0. The number of nitrogens with one attached hydrogen (secondary N) is 1. The van der Waals surface area contributed by atoms with Crippen molar-refractivity contribution in [3.63, 3.8) is 0 Å². The number of ketones is 2. The van der Waals surface area contributed by atoms with Gasteiger partial charge in [0.25, 0.3) is 5.91 Å². The van der Waals surface area contributed by atoms with Crippen molar-refractivity contribution < 1.29 is 44.0 Å². The first-order chi connectivity index (χ1) is 20.2. The zero-order chi connectivity index (χ0) is 31.2. The first-order valence-corrected chi connectivity index (χ1v) is 14.4. The predicted octanol–water partition coefficient (Wildman–Crippen LogP) is 0.362. The fourth-order valence-electron chi connectivity index (χ4n) is 8.04. The highest BCUT2D eigenvalue weighted by Gasteiger charge is 2.63. The number of carbonyl (C=O) groups excluding carboxylic acids is 4. The van der Waals surface area contributed by atoms with Crippen LogP contribution in [0.2, 0.25) is 0 Å². The number of amides is 2. The van der Waals surface area contributed by atoms with E-state index in [9.17, 15) is 39.6 Å². The van der Waals surface area contributed by atoms with E-state index in [2.05, 4.69) is 5.32 Å². The molecule has 13 heteroatoms. The van der Waals surface area contributed by atoms with E-state index in [4.69, 9.17) is 5.73 Å². The Labute approximate surface area is 246 Å². The molecule has 0 aromatic heterocycles. The van der Waals surface area contributed by atoms with Crippen molar-refractivity contribution in [2.45, 2.75) is 50.3 Å². The van der Waals surface area contributed by atoms with Crippen molar-refractivity contribution in [1.29, 1.82) is 0 Å². The zero-order valence-electron chi connectivity index (χ0n) is 23.9. The van der Waals surface area contributed by atoms with E-state index in [0.717, 1.165) is 6.42 Å². The molecule has 0 saturated carbocycles. The number of allylic oxidation sites excluding steroid dienone is 1. The maximum absolute atomic E-state index is 16.1. The van der Waals surface area contributed by atoms with Crippen LogP contribution in [0, 0.1) is 23.1 Å². The molecule has 12 nitrogen and oxygen atoms in total. The first kappa shape index (κ1) is 29.3. The van der Waals surface area contributed by atoms with Gasteiger partial charge in [0, 0.05) is 35.7 Å². The molecule has 2 fully saturated rings. The number of piperidine rings is 1. The second-order valence-corrected chi connectivity index (χ2v) is 12.7. The second kappa shape index (κ2) is 9.86. The van der Waals surface area contributed by atoms with Gasteiger partial charge in [-0.05, 0) is 71.3 Å². The number of aliphatic hydroxyl groups excluding tert-OH is 2. The number of aromatic hydroxyl groups is 1. The molecule has 0 unspecified atom stereocenters. The topological polar surface area (TPSA) is 194 Å². The lowest BCUT2D eigenvalue weighted by Gasteiger charge is -2.50. The van der Waals surface area contributed by atoms with Crippen LogP contribution in [0.15, 0.2) is 28.7 Å². The van der Waals surface area contributed by atoms with Gasteiger partial charge < -0.3 is 31.5 Å². The standard InChI is InChI=1S/C30H35FN4O8/c1-34(2)22-16-10-13-9-15-19(23(37)18(13)25(39)30(16,43)26(40)20(24(22)38)27(32)41)17(36)11-14(21(15)31)12-35-7-4-29(5-8-35)3-6-33-28(29)42/h11,13,16,22,36,38-39,43H,3-10,12H2,1-2H3,(H2,32,41)(H,33,42)/t13-,16-,22-,30-/m0/s1. The van der Waals surface area contributed by atoms with Crippen LogP contribution in [0.25, 0.3) is 0 Å². The first-order valence-electron chi connectivity index (χ1n) is 14.4. The summed E-state index contributed by atoms with van der Waals surface area (Å²) in [5, 5.41) is 47.7. The van der Waals surface area contributed by atoms with Crippen LogP contribution < -0.4 is 11.1 Å². The van der Waals surface area contributed by atoms with Gasteiger partial charge in [-0.25, -0.2) is 4.39 Å². The van der Waals surface area contributed by atoms with Gasteiger partial charge >= 0.3 is 0 Å². The molecule has 6 rings (SSSR count). The van der Waals surface area contributed by atoms with Crippen LogP contribution in [0.5, 0.6) is 5.75 Å². The number of phenolic OH excluding ortho intramolecular Hbond substituents is 1. The average molecular weight is 599 g/mol. The lowest BCUT2D eigenvalue weighted by atomic mass is 9.58. The minimum atomic E-state index is -2.75. The lowest BCUT2D eigenvalue weighted by molar-refractivity contribution is -0.148. The number of likely N-dealkylation sites (N-methyl/N-ethyl adjacent to an activating group) is 1. The number of benzene rings is 1. The number of primary amides is 1. The van der Waals surface area contributed by atoms with Crippen LogP contribution in [0.3, 0.4) is 0 Å². The molecule has 2 heterocycles. The van der Waals surface area contributed by atoms with Crippen LogP contribution in [-0.4, -0.2) is 99.0 Å². The molecule has 2 amide bonds. The van der Waals surface area contributed by atoms with E-state index in [-0.39, 0.29) is 53.0 Å². The van der Waals surface area contributed by atoms with E-state index in [1.165, 1.54) is 11.0 Å². The molecule has 1 spiro atoms. The van der Waals surface area contributed by atoms with Crippen LogP contribution >= 0.6 is 0 Å². The monoisotopic (exact) mass is 598 g/mol. The predicted molar refractivity (Wildman–Crippen MR) is 148 cm³/mol. The number of hydrogen-bond donors (Lipinski definition) is 6. The number of halogens is 1. The van der Waals surface area contributed by atoms with E-state index in [1.54, 1.807) is 14.1 Å². The number of rotatable bonds is 4. The number of hydrogen-bond acceptors (Lipinski definition) is 10. The van der Waals surface area contributed by atoms with E-state index < -0.39 is 69.6 Å². The van der Waals surface area contributed by atoms with E-state index in [0.29, 0.717) is 32.5 Å². The maximum Gasteiger partial charge on any atom is 0.255 e. The van der Waals surface area contributed by atoms with Crippen molar-refractivity contribution in [3.8, 4) is 5.75 Å².